The molecule has 1 aromatic heterocycles. The number of halogens is 1. The Kier molecular flexibility index (Phi) is 3.24. The minimum atomic E-state index is 0.305. The lowest BCUT2D eigenvalue weighted by atomic mass is 9.89. The maximum Gasteiger partial charge on any atom is 0.182 e. The summed E-state index contributed by atoms with van der Waals surface area (Å²) in [5.74, 6) is 0.749. The number of rotatable bonds is 3. The summed E-state index contributed by atoms with van der Waals surface area (Å²) in [5.41, 5.74) is 7.50. The molecule has 6 nitrogen and oxygen atoms in total. The fourth-order valence-electron chi connectivity index (χ4n) is 2.24. The quantitative estimate of drug-likeness (QED) is 0.874. The largest absolute Gasteiger partial charge is 0.398 e. The van der Waals surface area contributed by atoms with Crippen molar-refractivity contribution in [2.45, 2.75) is 25.0 Å². The van der Waals surface area contributed by atoms with Gasteiger partial charge in [-0.2, -0.15) is 0 Å². The number of ether oxygens (including phenoxy) is 1. The zero-order valence-corrected chi connectivity index (χ0v) is 12.0. The van der Waals surface area contributed by atoms with Crippen molar-refractivity contribution in [3.63, 3.8) is 0 Å². The maximum absolute atomic E-state index is 5.90. The average Bonchev–Trinajstić information content (AvgIpc) is 2.80. The van der Waals surface area contributed by atoms with Crippen molar-refractivity contribution in [1.29, 1.82) is 0 Å². The molecule has 1 aliphatic carbocycles. The molecule has 0 spiro atoms. The predicted octanol–water partition coefficient (Wildman–Crippen LogP) is 2.03. The second kappa shape index (κ2) is 4.90. The molecule has 0 radical (unpaired) electrons. The highest BCUT2D eigenvalue weighted by Crippen LogP contribution is 2.36. The van der Waals surface area contributed by atoms with E-state index in [2.05, 4.69) is 31.5 Å². The molecular formula is C12H14BrN5O. The van der Waals surface area contributed by atoms with Crippen molar-refractivity contribution in [1.82, 2.24) is 20.2 Å². The first-order valence-electron chi connectivity index (χ1n) is 6.05. The molecular weight excluding hydrogens is 310 g/mol. The number of tetrazole rings is 1. The average molecular weight is 324 g/mol. The summed E-state index contributed by atoms with van der Waals surface area (Å²) < 4.78 is 8.02. The number of hydrogen-bond acceptors (Lipinski definition) is 5. The van der Waals surface area contributed by atoms with Gasteiger partial charge >= 0.3 is 0 Å². The van der Waals surface area contributed by atoms with Crippen LogP contribution in [0.5, 0.6) is 0 Å². The molecule has 0 saturated heterocycles. The van der Waals surface area contributed by atoms with E-state index in [1.54, 1.807) is 7.11 Å². The molecule has 0 amide bonds. The van der Waals surface area contributed by atoms with Gasteiger partial charge in [0.05, 0.1) is 12.1 Å². The van der Waals surface area contributed by atoms with E-state index in [0.29, 0.717) is 17.8 Å². The number of nitrogens with zero attached hydrogens (tertiary/aromatic N) is 4. The summed E-state index contributed by atoms with van der Waals surface area (Å²) in [5, 5.41) is 12.0. The zero-order valence-electron chi connectivity index (χ0n) is 10.5. The first-order valence-corrected chi connectivity index (χ1v) is 6.84. The first kappa shape index (κ1) is 12.6. The molecule has 0 aliphatic heterocycles. The lowest BCUT2D eigenvalue weighted by Gasteiger charge is -2.34. The summed E-state index contributed by atoms with van der Waals surface area (Å²) in [6.45, 7) is 0. The number of nitrogen functional groups attached to an aromatic ring is 1. The van der Waals surface area contributed by atoms with Gasteiger partial charge in [-0.25, -0.2) is 4.68 Å². The van der Waals surface area contributed by atoms with Crippen LogP contribution in [0.15, 0.2) is 22.7 Å². The van der Waals surface area contributed by atoms with Crippen molar-refractivity contribution in [2.75, 3.05) is 12.8 Å². The zero-order chi connectivity index (χ0) is 13.4. The standard InChI is InChI=1S/C12H14BrN5O/c1-19-9-5-8(6-9)18-12(15-16-17-18)7-2-3-10(13)11(14)4-7/h2-4,8-9H,5-6,14H2,1H3. The third kappa shape index (κ3) is 2.23. The maximum atomic E-state index is 5.90. The molecule has 19 heavy (non-hydrogen) atoms. The Balaban J connectivity index is 1.89. The summed E-state index contributed by atoms with van der Waals surface area (Å²) in [6.07, 6.45) is 2.21. The van der Waals surface area contributed by atoms with Gasteiger partial charge in [0, 0.05) is 22.8 Å². The highest BCUT2D eigenvalue weighted by atomic mass is 79.9. The Hall–Kier alpha value is -1.47. The van der Waals surface area contributed by atoms with Crippen molar-refractivity contribution >= 4 is 21.6 Å². The molecule has 0 bridgehead atoms. The molecule has 1 aliphatic rings. The van der Waals surface area contributed by atoms with Crippen LogP contribution in [0, 0.1) is 0 Å². The number of aromatic nitrogens is 4. The summed E-state index contributed by atoms with van der Waals surface area (Å²) in [7, 11) is 1.73. The van der Waals surface area contributed by atoms with E-state index in [4.69, 9.17) is 10.5 Å². The summed E-state index contributed by atoms with van der Waals surface area (Å²) >= 11 is 3.38. The van der Waals surface area contributed by atoms with E-state index in [1.165, 1.54) is 0 Å². The Bertz CT molecular complexity index is 594. The van der Waals surface area contributed by atoms with E-state index in [9.17, 15) is 0 Å². The van der Waals surface area contributed by atoms with Crippen molar-refractivity contribution in [3.05, 3.63) is 22.7 Å². The molecule has 0 atom stereocenters. The van der Waals surface area contributed by atoms with E-state index >= 15 is 0 Å². The lowest BCUT2D eigenvalue weighted by Crippen LogP contribution is -2.33. The third-order valence-electron chi connectivity index (χ3n) is 3.50. The number of methoxy groups -OCH3 is 1. The number of anilines is 1. The molecule has 7 heteroatoms. The van der Waals surface area contributed by atoms with Crippen LogP contribution in [0.2, 0.25) is 0 Å². The molecule has 3 rings (SSSR count). The SMILES string of the molecule is COC1CC(n2nnnc2-c2ccc(Br)c(N)c2)C1. The van der Waals surface area contributed by atoms with Crippen LogP contribution < -0.4 is 5.73 Å². The Morgan fingerprint density at radius 3 is 2.89 bits per heavy atom. The summed E-state index contributed by atoms with van der Waals surface area (Å²) in [6, 6.07) is 6.04. The minimum absolute atomic E-state index is 0.305. The van der Waals surface area contributed by atoms with Crippen LogP contribution in [0.4, 0.5) is 5.69 Å². The minimum Gasteiger partial charge on any atom is -0.398 e. The van der Waals surface area contributed by atoms with Crippen LogP contribution in [-0.4, -0.2) is 33.4 Å². The van der Waals surface area contributed by atoms with Gasteiger partial charge < -0.3 is 10.5 Å². The predicted molar refractivity (Wildman–Crippen MR) is 74.4 cm³/mol. The Morgan fingerprint density at radius 2 is 2.21 bits per heavy atom. The van der Waals surface area contributed by atoms with Gasteiger partial charge in [-0.1, -0.05) is 0 Å². The van der Waals surface area contributed by atoms with E-state index in [1.807, 2.05) is 22.9 Å². The molecule has 1 saturated carbocycles. The lowest BCUT2D eigenvalue weighted by molar-refractivity contribution is 0.00248. The van der Waals surface area contributed by atoms with Gasteiger partial charge in [0.1, 0.15) is 0 Å². The number of nitrogens with two attached hydrogens (primary N) is 1. The van der Waals surface area contributed by atoms with Crippen LogP contribution >= 0.6 is 15.9 Å². The van der Waals surface area contributed by atoms with Crippen molar-refractivity contribution < 1.29 is 4.74 Å². The Labute approximate surface area is 119 Å². The van der Waals surface area contributed by atoms with E-state index in [0.717, 1.165) is 28.7 Å². The van der Waals surface area contributed by atoms with Gasteiger partial charge in [-0.3, -0.25) is 0 Å². The fourth-order valence-corrected chi connectivity index (χ4v) is 2.49. The van der Waals surface area contributed by atoms with E-state index in [-0.39, 0.29) is 0 Å². The molecule has 100 valence electrons. The van der Waals surface area contributed by atoms with Crippen LogP contribution in [0.1, 0.15) is 18.9 Å². The highest BCUT2D eigenvalue weighted by Gasteiger charge is 2.33. The van der Waals surface area contributed by atoms with Crippen molar-refractivity contribution in [3.8, 4) is 11.4 Å². The van der Waals surface area contributed by atoms with Gasteiger partial charge in [0.25, 0.3) is 0 Å². The van der Waals surface area contributed by atoms with Crippen molar-refractivity contribution in [2.24, 2.45) is 0 Å². The van der Waals surface area contributed by atoms with E-state index < -0.39 is 0 Å². The number of benzene rings is 1. The molecule has 0 unspecified atom stereocenters. The topological polar surface area (TPSA) is 78.8 Å². The smallest absolute Gasteiger partial charge is 0.182 e. The molecule has 2 aromatic rings. The highest BCUT2D eigenvalue weighted by molar-refractivity contribution is 9.10. The first-order chi connectivity index (χ1) is 9.19. The van der Waals surface area contributed by atoms with Crippen LogP contribution in [0.25, 0.3) is 11.4 Å². The van der Waals surface area contributed by atoms with Gasteiger partial charge in [0.15, 0.2) is 5.82 Å². The van der Waals surface area contributed by atoms with Gasteiger partial charge in [-0.15, -0.1) is 5.10 Å². The van der Waals surface area contributed by atoms with Gasteiger partial charge in [0.2, 0.25) is 0 Å². The summed E-state index contributed by atoms with van der Waals surface area (Å²) in [4.78, 5) is 0. The molecule has 1 fully saturated rings. The van der Waals surface area contributed by atoms with Crippen LogP contribution in [-0.2, 0) is 4.74 Å². The molecule has 1 aromatic carbocycles. The van der Waals surface area contributed by atoms with Crippen LogP contribution in [0.3, 0.4) is 0 Å². The van der Waals surface area contributed by atoms with Gasteiger partial charge in [-0.05, 0) is 57.4 Å². The molecule has 2 N–H and O–H groups in total. The second-order valence-electron chi connectivity index (χ2n) is 4.67. The second-order valence-corrected chi connectivity index (χ2v) is 5.52. The molecule has 1 heterocycles. The number of hydrogen-bond donors (Lipinski definition) is 1. The normalized spacial score (nSPS) is 22.2. The Morgan fingerprint density at radius 1 is 1.42 bits per heavy atom. The fraction of sp³-hybridized carbons (Fsp3) is 0.417. The third-order valence-corrected chi connectivity index (χ3v) is 4.22. The monoisotopic (exact) mass is 323 g/mol.